The van der Waals surface area contributed by atoms with Crippen molar-refractivity contribution < 1.29 is 19.3 Å². The van der Waals surface area contributed by atoms with Gasteiger partial charge in [-0.3, -0.25) is 4.98 Å². The third-order valence-corrected chi connectivity index (χ3v) is 6.68. The van der Waals surface area contributed by atoms with Crippen molar-refractivity contribution in [1.82, 2.24) is 15.0 Å². The van der Waals surface area contributed by atoms with Crippen molar-refractivity contribution in [3.63, 3.8) is 0 Å². The zero-order valence-electron chi connectivity index (χ0n) is 21.0. The third-order valence-electron chi connectivity index (χ3n) is 5.92. The average molecular weight is 523 g/mol. The van der Waals surface area contributed by atoms with Crippen LogP contribution in [0, 0.1) is 6.92 Å². The van der Waals surface area contributed by atoms with Crippen LogP contribution in [-0.2, 0) is 4.74 Å². The number of benzene rings is 1. The van der Waals surface area contributed by atoms with Crippen LogP contribution >= 0.6 is 23.2 Å². The Morgan fingerprint density at radius 1 is 1.03 bits per heavy atom. The Balaban J connectivity index is 0.000000795. The molecule has 0 saturated carbocycles. The molecule has 10 heteroatoms. The van der Waals surface area contributed by atoms with E-state index in [1.807, 2.05) is 26.8 Å². The topological polar surface area (TPSA) is 89.8 Å². The van der Waals surface area contributed by atoms with Crippen molar-refractivity contribution in [3.8, 4) is 22.9 Å². The van der Waals surface area contributed by atoms with Crippen LogP contribution in [0.15, 0.2) is 18.3 Å². The molecule has 1 saturated heterocycles. The van der Waals surface area contributed by atoms with Gasteiger partial charge in [0.05, 0.1) is 47.1 Å². The van der Waals surface area contributed by atoms with E-state index < -0.39 is 5.60 Å². The van der Waals surface area contributed by atoms with Crippen LogP contribution in [0.4, 0.5) is 5.82 Å². The highest BCUT2D eigenvalue weighted by Crippen LogP contribution is 2.45. The molecule has 1 aliphatic rings. The van der Waals surface area contributed by atoms with Crippen molar-refractivity contribution >= 4 is 39.9 Å². The van der Waals surface area contributed by atoms with Gasteiger partial charge in [0.1, 0.15) is 17.3 Å². The van der Waals surface area contributed by atoms with Crippen molar-refractivity contribution in [2.75, 3.05) is 45.9 Å². The van der Waals surface area contributed by atoms with Gasteiger partial charge in [-0.25, -0.2) is 9.97 Å². The molecule has 4 rings (SSSR count). The van der Waals surface area contributed by atoms with Crippen molar-refractivity contribution in [3.05, 3.63) is 34.1 Å². The molecule has 0 spiro atoms. The Kier molecular flexibility index (Phi) is 8.99. The standard InChI is InChI=1S/C22H24Cl2N4O3.C3H8O/c1-12-9-13-14(11-25-12)26-20(27-21(13)28-7-5-22(2,29)6-8-28)17-18(23)15(30-3)10-16(31-4)19(17)24;1-3-4-2/h9-11,29H,5-8H2,1-4H3;3H2,1-2H3. The number of rotatable bonds is 5. The van der Waals surface area contributed by atoms with Gasteiger partial charge in [-0.1, -0.05) is 23.2 Å². The normalized spacial score (nSPS) is 14.9. The molecule has 3 aromatic rings. The van der Waals surface area contributed by atoms with Gasteiger partial charge >= 0.3 is 0 Å². The van der Waals surface area contributed by atoms with Crippen LogP contribution in [0.2, 0.25) is 10.0 Å². The Labute approximate surface area is 216 Å². The van der Waals surface area contributed by atoms with Crippen molar-refractivity contribution in [2.24, 2.45) is 0 Å². The summed E-state index contributed by atoms with van der Waals surface area (Å²) in [5.41, 5.74) is 1.31. The molecule has 0 amide bonds. The predicted molar refractivity (Wildman–Crippen MR) is 140 cm³/mol. The zero-order chi connectivity index (χ0) is 25.8. The number of hydrogen-bond donors (Lipinski definition) is 1. The summed E-state index contributed by atoms with van der Waals surface area (Å²) in [5, 5.41) is 11.9. The molecule has 0 bridgehead atoms. The SMILES string of the molecule is CCOC.COc1cc(OC)c(Cl)c(-c2nc(N3CCC(C)(O)CC3)c3cc(C)ncc3n2)c1Cl. The van der Waals surface area contributed by atoms with Crippen LogP contribution < -0.4 is 14.4 Å². The second-order valence-corrected chi connectivity index (χ2v) is 9.31. The predicted octanol–water partition coefficient (Wildman–Crippen LogP) is 5.33. The number of methoxy groups -OCH3 is 3. The number of hydrogen-bond acceptors (Lipinski definition) is 8. The summed E-state index contributed by atoms with van der Waals surface area (Å²) in [6.07, 6.45) is 3.01. The van der Waals surface area contributed by atoms with Crippen molar-refractivity contribution in [1.29, 1.82) is 0 Å². The second-order valence-electron chi connectivity index (χ2n) is 8.56. The van der Waals surface area contributed by atoms with E-state index >= 15 is 0 Å². The summed E-state index contributed by atoms with van der Waals surface area (Å²) in [7, 11) is 4.73. The van der Waals surface area contributed by atoms with Crippen molar-refractivity contribution in [2.45, 2.75) is 39.2 Å². The molecule has 0 atom stereocenters. The van der Waals surface area contributed by atoms with Gasteiger partial charge in [-0.2, -0.15) is 0 Å². The molecule has 0 aliphatic carbocycles. The van der Waals surface area contributed by atoms with E-state index in [1.54, 1.807) is 19.4 Å². The number of aromatic nitrogens is 3. The molecule has 2 aromatic heterocycles. The second kappa shape index (κ2) is 11.6. The molecule has 8 nitrogen and oxygen atoms in total. The van der Waals surface area contributed by atoms with E-state index in [2.05, 4.69) is 14.6 Å². The van der Waals surface area contributed by atoms with Gasteiger partial charge in [-0.15, -0.1) is 0 Å². The van der Waals surface area contributed by atoms with Gasteiger partial charge in [0.15, 0.2) is 5.82 Å². The first kappa shape index (κ1) is 27.2. The van der Waals surface area contributed by atoms with E-state index in [1.165, 1.54) is 14.2 Å². The molecule has 0 radical (unpaired) electrons. The lowest BCUT2D eigenvalue weighted by Crippen LogP contribution is -2.42. The van der Waals surface area contributed by atoms with Gasteiger partial charge in [0.25, 0.3) is 0 Å². The highest BCUT2D eigenvalue weighted by atomic mass is 35.5. The minimum absolute atomic E-state index is 0.306. The average Bonchev–Trinajstić information content (AvgIpc) is 2.84. The van der Waals surface area contributed by atoms with Crippen LogP contribution in [0.5, 0.6) is 11.5 Å². The summed E-state index contributed by atoms with van der Waals surface area (Å²) in [5.74, 6) is 1.95. The monoisotopic (exact) mass is 522 g/mol. The molecular formula is C25H32Cl2N4O4. The summed E-state index contributed by atoms with van der Waals surface area (Å²) < 4.78 is 15.3. The summed E-state index contributed by atoms with van der Waals surface area (Å²) in [4.78, 5) is 16.2. The van der Waals surface area contributed by atoms with Gasteiger partial charge in [0.2, 0.25) is 0 Å². The summed E-state index contributed by atoms with van der Waals surface area (Å²) >= 11 is 13.2. The molecule has 0 unspecified atom stereocenters. The highest BCUT2D eigenvalue weighted by molar-refractivity contribution is 6.41. The zero-order valence-corrected chi connectivity index (χ0v) is 22.5. The number of pyridine rings is 1. The maximum atomic E-state index is 10.4. The van der Waals surface area contributed by atoms with Gasteiger partial charge in [-0.05, 0) is 39.7 Å². The molecule has 1 aliphatic heterocycles. The number of halogens is 2. The number of nitrogens with zero attached hydrogens (tertiary/aromatic N) is 4. The summed E-state index contributed by atoms with van der Waals surface area (Å²) in [6, 6.07) is 3.60. The number of aryl methyl sites for hydroxylation is 1. The fourth-order valence-corrected chi connectivity index (χ4v) is 4.43. The molecule has 35 heavy (non-hydrogen) atoms. The minimum Gasteiger partial charge on any atom is -0.495 e. The number of piperidine rings is 1. The Bertz CT molecular complexity index is 1150. The molecular weight excluding hydrogens is 491 g/mol. The fourth-order valence-electron chi connectivity index (χ4n) is 3.76. The minimum atomic E-state index is -0.674. The van der Waals surface area contributed by atoms with E-state index in [4.69, 9.17) is 42.6 Å². The number of anilines is 1. The largest absolute Gasteiger partial charge is 0.495 e. The first-order chi connectivity index (χ1) is 16.6. The lowest BCUT2D eigenvalue weighted by atomic mass is 9.94. The molecule has 1 N–H and O–H groups in total. The van der Waals surface area contributed by atoms with Crippen LogP contribution in [0.3, 0.4) is 0 Å². The molecule has 1 fully saturated rings. The first-order valence-corrected chi connectivity index (χ1v) is 12.1. The summed E-state index contributed by atoms with van der Waals surface area (Å²) in [6.45, 7) is 7.91. The Morgan fingerprint density at radius 2 is 1.60 bits per heavy atom. The first-order valence-electron chi connectivity index (χ1n) is 11.4. The van der Waals surface area contributed by atoms with E-state index in [-0.39, 0.29) is 0 Å². The molecule has 190 valence electrons. The quantitative estimate of drug-likeness (QED) is 0.480. The number of ether oxygens (including phenoxy) is 3. The fraction of sp³-hybridized carbons (Fsp3) is 0.480. The van der Waals surface area contributed by atoms with Crippen LogP contribution in [-0.4, -0.2) is 66.7 Å². The highest BCUT2D eigenvalue weighted by Gasteiger charge is 2.30. The Morgan fingerprint density at radius 3 is 2.11 bits per heavy atom. The Hall–Kier alpha value is -2.39. The number of fused-ring (bicyclic) bond motifs is 1. The number of aliphatic hydroxyl groups is 1. The third kappa shape index (κ3) is 6.06. The molecule has 1 aromatic carbocycles. The van der Waals surface area contributed by atoms with E-state index in [0.717, 1.165) is 23.5 Å². The lowest BCUT2D eigenvalue weighted by Gasteiger charge is -2.37. The maximum Gasteiger partial charge on any atom is 0.165 e. The van der Waals surface area contributed by atoms with Crippen LogP contribution in [0.1, 0.15) is 32.4 Å². The van der Waals surface area contributed by atoms with Gasteiger partial charge in [0, 0.05) is 44.0 Å². The smallest absolute Gasteiger partial charge is 0.165 e. The van der Waals surface area contributed by atoms with E-state index in [0.29, 0.717) is 64.4 Å². The van der Waals surface area contributed by atoms with Gasteiger partial charge < -0.3 is 24.2 Å². The molecule has 3 heterocycles. The van der Waals surface area contributed by atoms with Crippen LogP contribution in [0.25, 0.3) is 22.3 Å². The van der Waals surface area contributed by atoms with E-state index in [9.17, 15) is 5.11 Å². The maximum absolute atomic E-state index is 10.4. The lowest BCUT2D eigenvalue weighted by molar-refractivity contribution is 0.0350.